The van der Waals surface area contributed by atoms with E-state index in [1.54, 1.807) is 0 Å². The van der Waals surface area contributed by atoms with Gasteiger partial charge < -0.3 is 0 Å². The van der Waals surface area contributed by atoms with Crippen LogP contribution in [0.1, 0.15) is 6.42 Å². The van der Waals surface area contributed by atoms with Crippen LogP contribution in [0, 0.1) is 20.2 Å². The molecule has 0 aromatic rings. The summed E-state index contributed by atoms with van der Waals surface area (Å²) in [5.41, 5.74) is 0.905. The maximum atomic E-state index is 10.8. The Morgan fingerprint density at radius 1 is 1.00 bits per heavy atom. The van der Waals surface area contributed by atoms with Crippen LogP contribution in [0.3, 0.4) is 0 Å². The molecule has 6 nitrogen and oxygen atoms in total. The number of allylic oxidation sites excluding steroid dienone is 8. The van der Waals surface area contributed by atoms with E-state index in [2.05, 4.69) is 0 Å². The van der Waals surface area contributed by atoms with E-state index >= 15 is 0 Å². The minimum atomic E-state index is -0.482. The lowest BCUT2D eigenvalue weighted by atomic mass is 10.0. The highest BCUT2D eigenvalue weighted by Gasteiger charge is 2.24. The summed E-state index contributed by atoms with van der Waals surface area (Å²) in [4.78, 5) is 20.7. The molecule has 0 aromatic carbocycles. The van der Waals surface area contributed by atoms with Crippen LogP contribution in [0.4, 0.5) is 0 Å². The fourth-order valence-corrected chi connectivity index (χ4v) is 1.76. The van der Waals surface area contributed by atoms with E-state index in [0.29, 0.717) is 11.1 Å². The molecule has 0 saturated carbocycles. The third-order valence-corrected chi connectivity index (χ3v) is 2.54. The second-order valence-electron chi connectivity index (χ2n) is 3.56. The number of rotatable bonds is 2. The maximum absolute atomic E-state index is 10.8. The van der Waals surface area contributed by atoms with E-state index in [4.69, 9.17) is 0 Å². The zero-order valence-electron chi connectivity index (χ0n) is 8.70. The molecule has 0 N–H and O–H groups in total. The van der Waals surface area contributed by atoms with E-state index in [1.807, 2.05) is 0 Å². The van der Waals surface area contributed by atoms with Crippen molar-refractivity contribution in [3.8, 4) is 0 Å². The molecule has 0 saturated heterocycles. The second-order valence-corrected chi connectivity index (χ2v) is 3.56. The molecule has 17 heavy (non-hydrogen) atoms. The van der Waals surface area contributed by atoms with Gasteiger partial charge in [-0.2, -0.15) is 0 Å². The van der Waals surface area contributed by atoms with E-state index in [-0.39, 0.29) is 17.8 Å². The number of hydrogen-bond acceptors (Lipinski definition) is 4. The lowest BCUT2D eigenvalue weighted by Crippen LogP contribution is -2.03. The van der Waals surface area contributed by atoms with Gasteiger partial charge in [-0.05, 0) is 0 Å². The minimum Gasteiger partial charge on any atom is -0.258 e. The van der Waals surface area contributed by atoms with Crippen LogP contribution in [0.15, 0.2) is 59.0 Å². The lowest BCUT2D eigenvalue weighted by Gasteiger charge is -2.01. The van der Waals surface area contributed by atoms with Crippen LogP contribution < -0.4 is 0 Å². The molecule has 0 heterocycles. The van der Waals surface area contributed by atoms with Crippen molar-refractivity contribution in [2.24, 2.45) is 0 Å². The highest BCUT2D eigenvalue weighted by atomic mass is 16.6. The average molecular weight is 232 g/mol. The molecule has 6 heteroatoms. The highest BCUT2D eigenvalue weighted by Crippen LogP contribution is 2.28. The average Bonchev–Trinajstić information content (AvgIpc) is 2.58. The Bertz CT molecular complexity index is 550. The first-order valence-corrected chi connectivity index (χ1v) is 4.87. The molecule has 0 aliphatic heterocycles. The molecule has 0 fully saturated rings. The Hall–Kier alpha value is -2.50. The van der Waals surface area contributed by atoms with Gasteiger partial charge in [-0.3, -0.25) is 20.2 Å². The van der Waals surface area contributed by atoms with Crippen molar-refractivity contribution in [2.45, 2.75) is 6.42 Å². The van der Waals surface area contributed by atoms with Gasteiger partial charge in [0.05, 0.1) is 9.85 Å². The highest BCUT2D eigenvalue weighted by molar-refractivity contribution is 5.47. The Morgan fingerprint density at radius 3 is 2.35 bits per heavy atom. The van der Waals surface area contributed by atoms with Crippen molar-refractivity contribution in [3.05, 3.63) is 79.2 Å². The van der Waals surface area contributed by atoms with Gasteiger partial charge in [0.15, 0.2) is 0 Å². The first kappa shape index (κ1) is 11.0. The van der Waals surface area contributed by atoms with Crippen LogP contribution >= 0.6 is 0 Å². The number of hydrogen-bond donors (Lipinski definition) is 0. The van der Waals surface area contributed by atoms with Crippen molar-refractivity contribution in [1.82, 2.24) is 0 Å². The van der Waals surface area contributed by atoms with Crippen molar-refractivity contribution < 1.29 is 9.85 Å². The molecule has 86 valence electrons. The van der Waals surface area contributed by atoms with Crippen LogP contribution in [-0.4, -0.2) is 9.85 Å². The van der Waals surface area contributed by atoms with Crippen LogP contribution in [-0.2, 0) is 0 Å². The van der Waals surface area contributed by atoms with Gasteiger partial charge in [0.2, 0.25) is 0 Å². The topological polar surface area (TPSA) is 86.3 Å². The smallest absolute Gasteiger partial charge is 0.258 e. The fraction of sp³-hybridized carbons (Fsp3) is 0.0909. The summed E-state index contributed by atoms with van der Waals surface area (Å²) in [7, 11) is 0. The van der Waals surface area contributed by atoms with Crippen LogP contribution in [0.25, 0.3) is 0 Å². The number of nitro groups is 2. The molecule has 0 spiro atoms. The number of nitrogens with zero attached hydrogens (tertiary/aromatic N) is 2. The predicted molar refractivity (Wildman–Crippen MR) is 60.1 cm³/mol. The van der Waals surface area contributed by atoms with Crippen molar-refractivity contribution in [3.63, 3.8) is 0 Å². The third-order valence-electron chi connectivity index (χ3n) is 2.54. The molecule has 2 aliphatic carbocycles. The normalized spacial score (nSPS) is 18.1. The maximum Gasteiger partial charge on any atom is 0.272 e. The predicted octanol–water partition coefficient (Wildman–Crippen LogP) is 2.13. The van der Waals surface area contributed by atoms with Gasteiger partial charge in [0.1, 0.15) is 0 Å². The van der Waals surface area contributed by atoms with E-state index in [0.717, 1.165) is 0 Å². The summed E-state index contributed by atoms with van der Waals surface area (Å²) < 4.78 is 0. The SMILES string of the molecule is O=[N+]([O-])C1=CC=CC2=C([N+](=O)[O-])C=CC=C1C2. The summed E-state index contributed by atoms with van der Waals surface area (Å²) in [5.74, 6) is 0. The lowest BCUT2D eigenvalue weighted by molar-refractivity contribution is -0.421. The minimum absolute atomic E-state index is 0.0227. The molecule has 2 rings (SSSR count). The van der Waals surface area contributed by atoms with E-state index in [9.17, 15) is 20.2 Å². The molecule has 0 atom stereocenters. The first-order chi connectivity index (χ1) is 8.09. The summed E-state index contributed by atoms with van der Waals surface area (Å²) in [6, 6.07) is 0. The Balaban J connectivity index is 2.52. The van der Waals surface area contributed by atoms with Gasteiger partial charge >= 0.3 is 0 Å². The summed E-state index contributed by atoms with van der Waals surface area (Å²) in [5, 5.41) is 21.6. The number of fused-ring (bicyclic) bond motifs is 2. The van der Waals surface area contributed by atoms with Crippen molar-refractivity contribution in [1.29, 1.82) is 0 Å². The van der Waals surface area contributed by atoms with Gasteiger partial charge in [-0.15, -0.1) is 0 Å². The van der Waals surface area contributed by atoms with Crippen LogP contribution in [0.5, 0.6) is 0 Å². The quantitative estimate of drug-likeness (QED) is 0.539. The standard InChI is InChI=1S/C11H8N2O4/c14-12(15)10-5-1-3-8-7-9(10)4-2-6-11(8)13(16)17/h1-6H,7H2. The monoisotopic (exact) mass is 232 g/mol. The largest absolute Gasteiger partial charge is 0.272 e. The Labute approximate surface area is 96.2 Å². The van der Waals surface area contributed by atoms with Crippen molar-refractivity contribution >= 4 is 0 Å². The molecule has 0 radical (unpaired) electrons. The third kappa shape index (κ3) is 2.05. The first-order valence-electron chi connectivity index (χ1n) is 4.87. The van der Waals surface area contributed by atoms with Gasteiger partial charge in [-0.25, -0.2) is 0 Å². The Morgan fingerprint density at radius 2 is 1.71 bits per heavy atom. The summed E-state index contributed by atoms with van der Waals surface area (Å²) in [6.07, 6.45) is 8.93. The van der Waals surface area contributed by atoms with Gasteiger partial charge in [-0.1, -0.05) is 24.3 Å². The zero-order chi connectivity index (χ0) is 12.4. The molecule has 0 amide bonds. The van der Waals surface area contributed by atoms with E-state index in [1.165, 1.54) is 36.5 Å². The molecular weight excluding hydrogens is 224 g/mol. The van der Waals surface area contributed by atoms with E-state index < -0.39 is 9.85 Å². The zero-order valence-corrected chi connectivity index (χ0v) is 8.70. The van der Waals surface area contributed by atoms with Gasteiger partial charge in [0, 0.05) is 29.7 Å². The van der Waals surface area contributed by atoms with Crippen LogP contribution in [0.2, 0.25) is 0 Å². The summed E-state index contributed by atoms with van der Waals surface area (Å²) in [6.45, 7) is 0. The Kier molecular flexibility index (Phi) is 2.70. The van der Waals surface area contributed by atoms with Gasteiger partial charge in [0.25, 0.3) is 11.4 Å². The fourth-order valence-electron chi connectivity index (χ4n) is 1.76. The molecule has 2 aliphatic rings. The molecular formula is C11H8N2O4. The molecule has 0 aromatic heterocycles. The second kappa shape index (κ2) is 4.17. The molecule has 0 unspecified atom stereocenters. The summed E-state index contributed by atoms with van der Waals surface area (Å²) >= 11 is 0. The molecule has 2 bridgehead atoms. The van der Waals surface area contributed by atoms with Crippen molar-refractivity contribution in [2.75, 3.05) is 0 Å².